The van der Waals surface area contributed by atoms with Gasteiger partial charge in [0.15, 0.2) is 5.78 Å². The number of pyridine rings is 2. The van der Waals surface area contributed by atoms with Crippen LogP contribution in [0.2, 0.25) is 0 Å². The fourth-order valence-electron chi connectivity index (χ4n) is 13.7. The maximum absolute atomic E-state index is 13.7. The van der Waals surface area contributed by atoms with Crippen molar-refractivity contribution in [2.45, 2.75) is 171 Å². The minimum Gasteiger partial charge on any atom is -0.481 e. The first-order valence-electron chi connectivity index (χ1n) is 43.2. The number of rotatable bonds is 56. The van der Waals surface area contributed by atoms with E-state index in [-0.39, 0.29) is 118 Å². The third-order valence-electron chi connectivity index (χ3n) is 21.2. The highest BCUT2D eigenvalue weighted by atomic mass is 16.4. The van der Waals surface area contributed by atoms with Gasteiger partial charge >= 0.3 is 65.8 Å². The molecule has 0 aliphatic carbocycles. The third-order valence-corrected chi connectivity index (χ3v) is 21.2. The van der Waals surface area contributed by atoms with Crippen LogP contribution in [-0.4, -0.2) is 236 Å². The molecule has 0 bridgehead atoms. The van der Waals surface area contributed by atoms with Crippen LogP contribution in [-0.2, 0) is 93.1 Å². The van der Waals surface area contributed by atoms with Crippen LogP contribution >= 0.6 is 0 Å². The molecule has 0 saturated carbocycles. The summed E-state index contributed by atoms with van der Waals surface area (Å²) in [6, 6.07) is 30.4. The number of Topliss-reactive ketones (excluding diaryl/α,β-unsaturated/α-hetero) is 1. The SMILES string of the molecule is NNc1ccc(C(=O)NC(CC(=O)O)C(=O)NCc2ccc(C(=O)NC(Cc3ccc4ccccc4c3)C(=O)NCCCCC(NC(=O)NC(CCC(=O)O)C(=O)O)C(=O)O)cc2)cn1.NNc1ccc(C(=O)NC(CCC(=O)O)C(=O)CC(CC(=O)O)C(=O)NCc2ccc(C(=O)NC(Cc3ccc4ccccc4c3)C(=O)NCCCCC(NC(=O)NC(CCC(=O)O)C(=O)O)C(=O)O)cc2)cn1. The van der Waals surface area contributed by atoms with Gasteiger partial charge in [-0.25, -0.2) is 50.4 Å². The van der Waals surface area contributed by atoms with Gasteiger partial charge in [-0.2, -0.15) is 0 Å². The number of nitrogens with two attached hydrogens (primary N) is 2. The van der Waals surface area contributed by atoms with Crippen molar-refractivity contribution in [3.63, 3.8) is 0 Å². The molecule has 0 radical (unpaired) electrons. The number of aromatic nitrogens is 2. The Morgan fingerprint density at radius 2 is 0.612 bits per heavy atom. The normalized spacial score (nSPS) is 12.7. The largest absolute Gasteiger partial charge is 0.481 e. The minimum atomic E-state index is -1.58. The number of aliphatic carboxylic acids is 9. The molecule has 0 fully saturated rings. The monoisotopic (exact) mass is 1930 g/mol. The molecule has 0 saturated heterocycles. The summed E-state index contributed by atoms with van der Waals surface area (Å²) in [5.74, 6) is -8.94. The van der Waals surface area contributed by atoms with Crippen LogP contribution in [0.4, 0.5) is 21.2 Å². The number of carboxylic acids is 9. The minimum absolute atomic E-state index is 0.0129. The van der Waals surface area contributed by atoms with E-state index in [1.54, 1.807) is 12.1 Å². The lowest BCUT2D eigenvalue weighted by atomic mass is 9.92. The van der Waals surface area contributed by atoms with Gasteiger partial charge in [-0.3, -0.25) is 67.1 Å². The van der Waals surface area contributed by atoms with Crippen LogP contribution in [0.3, 0.4) is 0 Å². The number of unbranched alkanes of at least 4 members (excludes halogenated alkanes) is 2. The van der Waals surface area contributed by atoms with Gasteiger partial charge in [0.1, 0.15) is 53.9 Å². The van der Waals surface area contributed by atoms with Crippen molar-refractivity contribution in [2.24, 2.45) is 17.6 Å². The van der Waals surface area contributed by atoms with Crippen LogP contribution in [0.1, 0.15) is 160 Å². The first-order valence-corrected chi connectivity index (χ1v) is 43.2. The highest BCUT2D eigenvalue weighted by Gasteiger charge is 2.34. The predicted octanol–water partition coefficient (Wildman–Crippen LogP) is 2.66. The van der Waals surface area contributed by atoms with Crippen molar-refractivity contribution in [2.75, 3.05) is 23.9 Å². The number of benzene rings is 6. The Morgan fingerprint density at radius 1 is 0.288 bits per heavy atom. The number of ketones is 1. The fourth-order valence-corrected chi connectivity index (χ4v) is 13.7. The second kappa shape index (κ2) is 55.5. The first kappa shape index (κ1) is 109. The smallest absolute Gasteiger partial charge is 0.326 e. The van der Waals surface area contributed by atoms with Crippen molar-refractivity contribution in [1.82, 2.24) is 73.8 Å². The molecular formula is C92H106N18O29. The van der Waals surface area contributed by atoms with E-state index in [9.17, 15) is 132 Å². The molecule has 2 aromatic heterocycles. The molecule has 8 aromatic rings. The number of hydrazine groups is 2. The summed E-state index contributed by atoms with van der Waals surface area (Å²) >= 11 is 0. The van der Waals surface area contributed by atoms with Crippen molar-refractivity contribution in [3.05, 3.63) is 215 Å². The van der Waals surface area contributed by atoms with Crippen molar-refractivity contribution < 1.29 is 142 Å². The summed E-state index contributed by atoms with van der Waals surface area (Å²) in [7, 11) is 0. The topological polar surface area (TPSA) is 770 Å². The Bertz CT molecular complexity index is 5740. The van der Waals surface area contributed by atoms with Gasteiger partial charge in [0, 0.05) is 88.2 Å². The van der Waals surface area contributed by atoms with Crippen LogP contribution in [0.5, 0.6) is 0 Å². The number of amides is 12. The van der Waals surface area contributed by atoms with E-state index in [2.05, 4.69) is 84.6 Å². The molecule has 47 heteroatoms. The molecular weight excluding hydrogens is 1820 g/mol. The number of hydrogen-bond acceptors (Lipinski definition) is 26. The second-order valence-electron chi connectivity index (χ2n) is 31.6. The summed E-state index contributed by atoms with van der Waals surface area (Å²) in [5, 5.41) is 117. The lowest BCUT2D eigenvalue weighted by Crippen LogP contribution is -2.51. The number of carbonyl (C=O) groups excluding carboxylic acids is 11. The third kappa shape index (κ3) is 38.0. The van der Waals surface area contributed by atoms with Gasteiger partial charge in [-0.1, -0.05) is 109 Å². The lowest BCUT2D eigenvalue weighted by Gasteiger charge is -2.20. The Morgan fingerprint density at radius 3 is 0.964 bits per heavy atom. The number of anilines is 2. The summed E-state index contributed by atoms with van der Waals surface area (Å²) < 4.78 is 0. The van der Waals surface area contributed by atoms with E-state index >= 15 is 0 Å². The van der Waals surface area contributed by atoms with Gasteiger partial charge in [0.2, 0.25) is 23.6 Å². The average molecular weight is 1930 g/mol. The number of fused-ring (bicyclic) bond motifs is 2. The van der Waals surface area contributed by atoms with E-state index < -0.39 is 224 Å². The van der Waals surface area contributed by atoms with E-state index in [4.69, 9.17) is 21.9 Å². The zero-order valence-electron chi connectivity index (χ0n) is 74.5. The lowest BCUT2D eigenvalue weighted by molar-refractivity contribution is -0.142. The van der Waals surface area contributed by atoms with Gasteiger partial charge < -0.3 is 121 Å². The Balaban J connectivity index is 0.000000381. The molecule has 27 N–H and O–H groups in total. The standard InChI is InChI=1S/C49H57N9O16.C43H49N9O13/c50-58-39-17-14-32(26-52-39)45(68)54-34(15-18-40(60)61)38(59)23-33(24-42(64)65)43(66)53-25-27-8-12-30(13-9-27)44(67)55-37(22-28-10-11-29-5-1-2-6-31(29)21-28)46(69)51-20-4-3-7-35(47(70)71)56-49(74)57-36(48(72)73)16-19-41(62)63;44-52-34-16-14-29(23-46-34)38(58)49-33(21-36(55)56)40(60)47-22-24-8-12-27(13-9-24)37(57)48-32(20-25-10-11-26-5-1-2-6-28(26)19-25)39(59)45-18-4-3-7-30(41(61)62)50-43(65)51-31(42(63)64)15-17-35(53)54/h1-2,5-6,8-14,17,21,26,33-37H,3-4,7,15-16,18-20,22-25,50H2,(H,51,69)(H,52,58)(H,53,66)(H,54,68)(H,55,67)(H,60,61)(H,62,63)(H,64,65)(H,70,71)(H,72,73)(H2,56,57,74);1-2,5-6,8-14,16,19,23,30-33H,3-4,7,15,17-18,20-22,44H2,(H,45,59)(H,46,52)(H,47,60)(H,48,57)(H,49,58)(H,53,54)(H,55,56)(H,61,62)(H,63,64)(H2,50,51,65). The van der Waals surface area contributed by atoms with Gasteiger partial charge in [-0.05, 0) is 150 Å². The molecule has 2 heterocycles. The number of nitrogens with zero attached hydrogens (tertiary/aromatic N) is 2. The molecule has 0 aliphatic heterocycles. The summed E-state index contributed by atoms with van der Waals surface area (Å²) in [4.78, 5) is 255. The number of nitrogen functional groups attached to an aromatic ring is 2. The number of carbonyl (C=O) groups is 20. The molecule has 8 rings (SSSR count). The van der Waals surface area contributed by atoms with Gasteiger partial charge in [0.25, 0.3) is 23.6 Å². The second-order valence-corrected chi connectivity index (χ2v) is 31.6. The fraction of sp³-hybridized carbons (Fsp3) is 0.326. The van der Waals surface area contributed by atoms with E-state index in [0.717, 1.165) is 33.3 Å². The van der Waals surface area contributed by atoms with Crippen LogP contribution in [0, 0.1) is 5.92 Å². The Labute approximate surface area is 790 Å². The van der Waals surface area contributed by atoms with Crippen molar-refractivity contribution in [3.8, 4) is 0 Å². The van der Waals surface area contributed by atoms with Crippen LogP contribution in [0.15, 0.2) is 170 Å². The van der Waals surface area contributed by atoms with Crippen molar-refractivity contribution in [1.29, 1.82) is 0 Å². The van der Waals surface area contributed by atoms with E-state index in [1.165, 1.54) is 66.9 Å². The van der Waals surface area contributed by atoms with Crippen molar-refractivity contribution >= 4 is 152 Å². The van der Waals surface area contributed by atoms with Gasteiger partial charge in [-0.15, -0.1) is 0 Å². The Hall–Kier alpha value is -17.1. The molecule has 0 aliphatic rings. The zero-order chi connectivity index (χ0) is 102. The summed E-state index contributed by atoms with van der Waals surface area (Å²) in [6.07, 6.45) is -1.82. The molecule has 0 spiro atoms. The van der Waals surface area contributed by atoms with Crippen LogP contribution in [0.25, 0.3) is 21.5 Å². The highest BCUT2D eigenvalue weighted by Crippen LogP contribution is 2.22. The van der Waals surface area contributed by atoms with E-state index in [1.807, 2.05) is 84.9 Å². The summed E-state index contributed by atoms with van der Waals surface area (Å²) in [6.45, 7) is -0.170. The molecule has 9 atom stereocenters. The van der Waals surface area contributed by atoms with E-state index in [0.29, 0.717) is 16.7 Å². The molecule has 9 unspecified atom stereocenters. The Kier molecular flexibility index (Phi) is 43.5. The molecule has 47 nitrogen and oxygen atoms in total. The maximum atomic E-state index is 13.7. The highest BCUT2D eigenvalue weighted by molar-refractivity contribution is 6.02. The number of nitrogens with one attached hydrogen (secondary N) is 14. The molecule has 738 valence electrons. The number of carboxylic acid groups (broad SMARTS) is 9. The van der Waals surface area contributed by atoms with Gasteiger partial charge in [0.05, 0.1) is 35.9 Å². The molecule has 6 aromatic carbocycles. The average Bonchev–Trinajstić information content (AvgIpc) is 0.829. The number of hydrogen-bond donors (Lipinski definition) is 25. The summed E-state index contributed by atoms with van der Waals surface area (Å²) in [5.41, 5.74) is 7.41. The first-order chi connectivity index (χ1) is 66.2. The molecule has 139 heavy (non-hydrogen) atoms. The van der Waals surface area contributed by atoms with Crippen LogP contribution < -0.4 is 86.3 Å². The zero-order valence-corrected chi connectivity index (χ0v) is 74.5. The quantitative estimate of drug-likeness (QED) is 0.0148. The number of urea groups is 2. The molecule has 12 amide bonds. The predicted molar refractivity (Wildman–Crippen MR) is 492 cm³/mol. The maximum Gasteiger partial charge on any atom is 0.326 e.